The van der Waals surface area contributed by atoms with Crippen LogP contribution < -0.4 is 16.0 Å². The Bertz CT molecular complexity index is 1520. The van der Waals surface area contributed by atoms with Crippen LogP contribution in [0.15, 0.2) is 36.4 Å². The van der Waals surface area contributed by atoms with Gasteiger partial charge in [-0.3, -0.25) is 4.79 Å². The molecule has 266 valence electrons. The topological polar surface area (TPSA) is 100 Å². The predicted octanol–water partition coefficient (Wildman–Crippen LogP) is 5.66. The average molecular weight is 704 g/mol. The number of urea groups is 2. The largest absolute Gasteiger partial charge is 0.418 e. The molecule has 3 N–H and O–H groups in total. The molecule has 10 nitrogen and oxygen atoms in total. The number of piperidine rings is 2. The average Bonchev–Trinajstić information content (AvgIpc) is 3.58. The van der Waals surface area contributed by atoms with E-state index in [1.165, 1.54) is 26.0 Å². The number of nitrogens with zero attached hydrogens (tertiary/aromatic N) is 4. The quantitative estimate of drug-likeness (QED) is 0.346. The lowest BCUT2D eigenvalue weighted by Gasteiger charge is -2.39. The molecule has 2 aromatic carbocycles. The molecule has 1 atom stereocenters. The SMILES string of the molecule is CNc1c(Cl)cc(CC(NC(=O)N2CCC(N3CCc4ccccc4NC3=O)CC2)C(=O)N2CCC(N3CCCC3)CC2)cc1C(F)(F)F. The Balaban J connectivity index is 1.14. The number of hydrogen-bond acceptors (Lipinski definition) is 5. The van der Waals surface area contributed by atoms with Gasteiger partial charge in [0.05, 0.1) is 16.3 Å². The summed E-state index contributed by atoms with van der Waals surface area (Å²) in [5, 5.41) is 8.31. The lowest BCUT2D eigenvalue weighted by atomic mass is 9.98. The van der Waals surface area contributed by atoms with Crippen LogP contribution >= 0.6 is 11.6 Å². The van der Waals surface area contributed by atoms with E-state index >= 15 is 0 Å². The van der Waals surface area contributed by atoms with Gasteiger partial charge in [0.2, 0.25) is 5.91 Å². The lowest BCUT2D eigenvalue weighted by Crippen LogP contribution is -2.57. The molecule has 3 saturated heterocycles. The van der Waals surface area contributed by atoms with Gasteiger partial charge in [-0.1, -0.05) is 29.8 Å². The first-order chi connectivity index (χ1) is 23.5. The van der Waals surface area contributed by atoms with Gasteiger partial charge in [0.1, 0.15) is 6.04 Å². The van der Waals surface area contributed by atoms with Crippen LogP contribution in [0.25, 0.3) is 0 Å². The molecule has 2 aromatic rings. The van der Waals surface area contributed by atoms with Crippen molar-refractivity contribution in [2.24, 2.45) is 0 Å². The lowest BCUT2D eigenvalue weighted by molar-refractivity contribution is -0.137. The second kappa shape index (κ2) is 15.0. The maximum atomic E-state index is 14.0. The van der Waals surface area contributed by atoms with E-state index in [4.69, 9.17) is 11.6 Å². The minimum atomic E-state index is -4.67. The predicted molar refractivity (Wildman–Crippen MR) is 183 cm³/mol. The molecule has 14 heteroatoms. The van der Waals surface area contributed by atoms with Gasteiger partial charge in [0.25, 0.3) is 0 Å². The number of rotatable bonds is 7. The monoisotopic (exact) mass is 703 g/mol. The van der Waals surface area contributed by atoms with Crippen LogP contribution in [0.3, 0.4) is 0 Å². The highest BCUT2D eigenvalue weighted by Crippen LogP contribution is 2.39. The number of alkyl halides is 3. The normalized spacial score (nSPS) is 20.4. The molecule has 0 aliphatic carbocycles. The first-order valence-electron chi connectivity index (χ1n) is 17.3. The Morgan fingerprint density at radius 3 is 2.27 bits per heavy atom. The zero-order chi connectivity index (χ0) is 34.7. The maximum Gasteiger partial charge on any atom is 0.418 e. The number of para-hydroxylation sites is 1. The third-order valence-electron chi connectivity index (χ3n) is 10.5. The van der Waals surface area contributed by atoms with Gasteiger partial charge in [-0.2, -0.15) is 13.2 Å². The van der Waals surface area contributed by atoms with Crippen LogP contribution in [0.2, 0.25) is 5.02 Å². The molecule has 4 heterocycles. The second-order valence-corrected chi connectivity index (χ2v) is 13.9. The van der Waals surface area contributed by atoms with Crippen molar-refractivity contribution in [3.63, 3.8) is 0 Å². The van der Waals surface area contributed by atoms with Crippen molar-refractivity contribution in [3.05, 3.63) is 58.1 Å². The highest BCUT2D eigenvalue weighted by atomic mass is 35.5. The number of hydrogen-bond donors (Lipinski definition) is 3. The van der Waals surface area contributed by atoms with Crippen LogP contribution in [-0.4, -0.2) is 109 Å². The van der Waals surface area contributed by atoms with E-state index in [2.05, 4.69) is 20.9 Å². The first-order valence-corrected chi connectivity index (χ1v) is 17.7. The van der Waals surface area contributed by atoms with Crippen molar-refractivity contribution < 1.29 is 27.6 Å². The van der Waals surface area contributed by atoms with E-state index in [0.717, 1.165) is 49.7 Å². The van der Waals surface area contributed by atoms with Gasteiger partial charge in [-0.25, -0.2) is 9.59 Å². The van der Waals surface area contributed by atoms with E-state index in [1.54, 1.807) is 9.80 Å². The van der Waals surface area contributed by atoms with Crippen molar-refractivity contribution in [1.82, 2.24) is 24.9 Å². The molecule has 0 bridgehead atoms. The fourth-order valence-corrected chi connectivity index (χ4v) is 8.17. The zero-order valence-corrected chi connectivity index (χ0v) is 28.6. The molecule has 5 amide bonds. The van der Waals surface area contributed by atoms with Gasteiger partial charge >= 0.3 is 18.2 Å². The van der Waals surface area contributed by atoms with Gasteiger partial charge in [0, 0.05) is 64.0 Å². The molecular formula is C35H45ClF3N7O3. The highest BCUT2D eigenvalue weighted by Gasteiger charge is 2.38. The van der Waals surface area contributed by atoms with E-state index in [1.807, 2.05) is 29.2 Å². The highest BCUT2D eigenvalue weighted by molar-refractivity contribution is 6.33. The first kappa shape index (κ1) is 35.1. The van der Waals surface area contributed by atoms with Gasteiger partial charge in [0.15, 0.2) is 0 Å². The Morgan fingerprint density at radius 1 is 0.939 bits per heavy atom. The summed E-state index contributed by atoms with van der Waals surface area (Å²) < 4.78 is 42.0. The van der Waals surface area contributed by atoms with Crippen LogP contribution in [-0.2, 0) is 23.8 Å². The van der Waals surface area contributed by atoms with Gasteiger partial charge in [-0.15, -0.1) is 0 Å². The summed E-state index contributed by atoms with van der Waals surface area (Å²) in [5.74, 6) is -0.314. The summed E-state index contributed by atoms with van der Waals surface area (Å²) in [5.41, 5.74) is 0.930. The van der Waals surface area contributed by atoms with E-state index < -0.39 is 23.8 Å². The molecule has 6 rings (SSSR count). The third-order valence-corrected chi connectivity index (χ3v) is 10.8. The Hall–Kier alpha value is -3.71. The molecule has 0 spiro atoms. The number of fused-ring (bicyclic) bond motifs is 1. The van der Waals surface area contributed by atoms with E-state index in [9.17, 15) is 27.6 Å². The van der Waals surface area contributed by atoms with Crippen molar-refractivity contribution in [2.45, 2.75) is 75.7 Å². The van der Waals surface area contributed by atoms with Crippen molar-refractivity contribution in [2.75, 3.05) is 63.5 Å². The number of amides is 5. The molecule has 4 aliphatic rings. The van der Waals surface area contributed by atoms with E-state index in [0.29, 0.717) is 51.6 Å². The summed E-state index contributed by atoms with van der Waals surface area (Å²) in [6.07, 6.45) is 1.03. The van der Waals surface area contributed by atoms with Crippen molar-refractivity contribution in [1.29, 1.82) is 0 Å². The molecule has 0 aromatic heterocycles. The number of benzene rings is 2. The Labute approximate surface area is 290 Å². The molecule has 3 fully saturated rings. The van der Waals surface area contributed by atoms with Crippen LogP contribution in [0.4, 0.5) is 34.1 Å². The number of anilines is 2. The second-order valence-electron chi connectivity index (χ2n) is 13.5. The summed E-state index contributed by atoms with van der Waals surface area (Å²) in [4.78, 5) is 48.4. The number of halogens is 4. The molecular weight excluding hydrogens is 659 g/mol. The number of nitrogens with one attached hydrogen (secondary N) is 3. The summed E-state index contributed by atoms with van der Waals surface area (Å²) >= 11 is 6.29. The molecule has 0 radical (unpaired) electrons. The van der Waals surface area contributed by atoms with Gasteiger partial charge in [-0.05, 0) is 87.4 Å². The Kier molecular flexibility index (Phi) is 10.8. The molecule has 0 saturated carbocycles. The smallest absolute Gasteiger partial charge is 0.386 e. The zero-order valence-electron chi connectivity index (χ0n) is 27.8. The van der Waals surface area contributed by atoms with Crippen LogP contribution in [0, 0.1) is 0 Å². The van der Waals surface area contributed by atoms with Crippen molar-refractivity contribution >= 4 is 40.9 Å². The van der Waals surface area contributed by atoms with Gasteiger partial charge < -0.3 is 35.6 Å². The third kappa shape index (κ3) is 8.03. The standard InChI is InChI=1S/C35H45ClF3N7O3/c1-40-31-27(35(37,38)39)20-23(21-28(31)36)22-30(32(47)44-15-9-25(10-16-44)43-13-4-5-14-43)42-33(48)45-17-11-26(12-18-45)46-19-8-24-6-2-3-7-29(24)41-34(46)49/h2-3,6-7,20-21,25-26,30,40H,4-5,8-19,22H2,1H3,(H,41,49)(H,42,48). The van der Waals surface area contributed by atoms with Crippen LogP contribution in [0.1, 0.15) is 55.2 Å². The maximum absolute atomic E-state index is 14.0. The number of likely N-dealkylation sites (tertiary alicyclic amines) is 3. The van der Waals surface area contributed by atoms with Crippen LogP contribution in [0.5, 0.6) is 0 Å². The minimum Gasteiger partial charge on any atom is -0.386 e. The summed E-state index contributed by atoms with van der Waals surface area (Å²) in [6, 6.07) is 8.82. The summed E-state index contributed by atoms with van der Waals surface area (Å²) in [7, 11) is 1.37. The minimum absolute atomic E-state index is 0.0543. The number of carbonyl (C=O) groups excluding carboxylic acids is 3. The van der Waals surface area contributed by atoms with E-state index in [-0.39, 0.29) is 40.7 Å². The van der Waals surface area contributed by atoms with Crippen molar-refractivity contribution in [3.8, 4) is 0 Å². The fourth-order valence-electron chi connectivity index (χ4n) is 7.83. The molecule has 4 aliphatic heterocycles. The molecule has 1 unspecified atom stereocenters. The number of carbonyl (C=O) groups is 3. The fraction of sp³-hybridized carbons (Fsp3) is 0.571. The molecule has 49 heavy (non-hydrogen) atoms. The summed E-state index contributed by atoms with van der Waals surface area (Å²) in [6.45, 7) is 4.48. The Morgan fingerprint density at radius 2 is 1.59 bits per heavy atom.